The molecular weight excluding hydrogens is 489 g/mol. The summed E-state index contributed by atoms with van der Waals surface area (Å²) in [4.78, 5) is 11.0. The fourth-order valence-electron chi connectivity index (χ4n) is 1.58. The highest BCUT2D eigenvalue weighted by molar-refractivity contribution is 5.73. The van der Waals surface area contributed by atoms with Crippen molar-refractivity contribution in [2.24, 2.45) is 0 Å². The number of halogens is 15. The smallest absolute Gasteiger partial charge is 0.361 e. The van der Waals surface area contributed by atoms with Gasteiger partial charge in [-0.3, -0.25) is 0 Å². The maximum atomic E-state index is 13.4. The Balaban J connectivity index is 5.96. The Bertz CT molecular complexity index is 632. The van der Waals surface area contributed by atoms with Crippen LogP contribution >= 0.6 is 0 Å². The maximum Gasteiger partial charge on any atom is 0.460 e. The Morgan fingerprint density at radius 2 is 1.03 bits per heavy atom. The normalized spacial score (nSPS) is 15.1. The van der Waals surface area contributed by atoms with E-state index in [-0.39, 0.29) is 6.61 Å². The number of ether oxygens (including phenoxy) is 1. The Morgan fingerprint density at radius 1 is 0.645 bits per heavy atom. The van der Waals surface area contributed by atoms with Crippen molar-refractivity contribution in [2.75, 3.05) is 19.9 Å². The highest BCUT2D eigenvalue weighted by Gasteiger charge is 2.93. The van der Waals surface area contributed by atoms with Crippen LogP contribution in [0.5, 0.6) is 0 Å². The monoisotopic (exact) mass is 500 g/mol. The minimum absolute atomic E-state index is 0.0768. The Labute approximate surface area is 162 Å². The van der Waals surface area contributed by atoms with Crippen molar-refractivity contribution >= 4 is 6.03 Å². The highest BCUT2D eigenvalue weighted by Crippen LogP contribution is 2.62. The zero-order valence-corrected chi connectivity index (χ0v) is 14.6. The third kappa shape index (κ3) is 4.84. The van der Waals surface area contributed by atoms with Crippen molar-refractivity contribution in [1.29, 1.82) is 0 Å². The largest absolute Gasteiger partial charge is 0.460 e. The molecule has 0 fully saturated rings. The Hall–Kier alpha value is -1.82. The average Bonchev–Trinajstić information content (AvgIpc) is 2.58. The van der Waals surface area contributed by atoms with E-state index in [4.69, 9.17) is 0 Å². The van der Waals surface area contributed by atoms with Crippen LogP contribution in [0.1, 0.15) is 6.92 Å². The Morgan fingerprint density at radius 3 is 1.42 bits per heavy atom. The van der Waals surface area contributed by atoms with Crippen molar-refractivity contribution in [1.82, 2.24) is 10.6 Å². The molecule has 0 aliphatic heterocycles. The number of hydrogen-bond donors (Lipinski definition) is 2. The fraction of sp³-hybridized carbons (Fsp3) is 0.917. The van der Waals surface area contributed by atoms with Crippen LogP contribution in [0.2, 0.25) is 0 Å². The van der Waals surface area contributed by atoms with E-state index in [2.05, 4.69) is 4.74 Å². The molecule has 0 saturated carbocycles. The molecule has 0 spiro atoms. The van der Waals surface area contributed by atoms with E-state index in [1.807, 2.05) is 0 Å². The van der Waals surface area contributed by atoms with Gasteiger partial charge in [-0.15, -0.1) is 0 Å². The molecule has 0 aliphatic rings. The van der Waals surface area contributed by atoms with E-state index < -0.39 is 61.0 Å². The van der Waals surface area contributed by atoms with E-state index in [1.54, 1.807) is 0 Å². The van der Waals surface area contributed by atoms with E-state index in [1.165, 1.54) is 12.2 Å². The topological polar surface area (TPSA) is 50.4 Å². The van der Waals surface area contributed by atoms with Crippen LogP contribution in [-0.4, -0.2) is 67.6 Å². The molecule has 186 valence electrons. The number of carbonyl (C=O) groups excluding carboxylic acids is 1. The number of amides is 2. The number of hydrogen-bond acceptors (Lipinski definition) is 2. The van der Waals surface area contributed by atoms with Crippen molar-refractivity contribution in [3.05, 3.63) is 0 Å². The maximum absolute atomic E-state index is 13.4. The molecule has 0 saturated heterocycles. The summed E-state index contributed by atoms with van der Waals surface area (Å²) < 4.78 is 198. The summed E-state index contributed by atoms with van der Waals surface area (Å²) in [5, 5.41) is 2.26. The SMILES string of the molecule is CCOCNC(=O)NCC(F)(F)C(F)(F)C(F)(F)C(F)(F)C(F)(F)C(F)(F)C(F)(F)F. The second-order valence-corrected chi connectivity index (χ2v) is 5.57. The van der Waals surface area contributed by atoms with Gasteiger partial charge >= 0.3 is 47.7 Å². The lowest BCUT2D eigenvalue weighted by Gasteiger charge is -2.41. The van der Waals surface area contributed by atoms with E-state index in [0.29, 0.717) is 0 Å². The van der Waals surface area contributed by atoms with Crippen molar-refractivity contribution in [3.8, 4) is 0 Å². The molecule has 4 nitrogen and oxygen atoms in total. The summed E-state index contributed by atoms with van der Waals surface area (Å²) in [6, 6.07) is -1.84. The summed E-state index contributed by atoms with van der Waals surface area (Å²) in [6.45, 7) is -2.43. The van der Waals surface area contributed by atoms with Crippen molar-refractivity contribution in [2.45, 2.75) is 48.6 Å². The molecule has 0 rings (SSSR count). The second-order valence-electron chi connectivity index (χ2n) is 5.57. The minimum Gasteiger partial charge on any atom is -0.361 e. The van der Waals surface area contributed by atoms with Gasteiger partial charge in [-0.1, -0.05) is 0 Å². The van der Waals surface area contributed by atoms with Gasteiger partial charge in [0.15, 0.2) is 0 Å². The van der Waals surface area contributed by atoms with Gasteiger partial charge in [-0.05, 0) is 6.92 Å². The van der Waals surface area contributed by atoms with Gasteiger partial charge in [0.1, 0.15) is 6.73 Å². The first-order valence-corrected chi connectivity index (χ1v) is 7.38. The minimum atomic E-state index is -8.36. The van der Waals surface area contributed by atoms with Crippen molar-refractivity contribution < 1.29 is 75.4 Å². The van der Waals surface area contributed by atoms with Gasteiger partial charge in [0.25, 0.3) is 0 Å². The molecule has 0 radical (unpaired) electrons. The predicted octanol–water partition coefficient (Wildman–Crippen LogP) is 4.65. The van der Waals surface area contributed by atoms with Gasteiger partial charge in [0, 0.05) is 6.61 Å². The van der Waals surface area contributed by atoms with Crippen LogP contribution in [-0.2, 0) is 4.74 Å². The third-order valence-corrected chi connectivity index (χ3v) is 3.40. The number of carbonyl (C=O) groups is 1. The van der Waals surface area contributed by atoms with E-state index >= 15 is 0 Å². The van der Waals surface area contributed by atoms with Gasteiger partial charge in [-0.2, -0.15) is 65.9 Å². The van der Waals surface area contributed by atoms with Crippen LogP contribution < -0.4 is 10.6 Å². The zero-order valence-electron chi connectivity index (χ0n) is 14.6. The van der Waals surface area contributed by atoms with Crippen LogP contribution in [0.4, 0.5) is 70.7 Å². The first kappa shape index (κ1) is 29.2. The van der Waals surface area contributed by atoms with Gasteiger partial charge < -0.3 is 15.4 Å². The lowest BCUT2D eigenvalue weighted by molar-refractivity contribution is -0.451. The van der Waals surface area contributed by atoms with Crippen LogP contribution in [0.3, 0.4) is 0 Å². The quantitative estimate of drug-likeness (QED) is 0.261. The molecule has 0 atom stereocenters. The molecule has 2 N–H and O–H groups in total. The molecule has 0 heterocycles. The first-order valence-electron chi connectivity index (χ1n) is 7.38. The summed E-state index contributed by atoms with van der Waals surface area (Å²) in [5.74, 6) is -47.1. The molecule has 0 aromatic rings. The molecule has 0 bridgehead atoms. The van der Waals surface area contributed by atoms with Crippen LogP contribution in [0, 0.1) is 0 Å². The highest BCUT2D eigenvalue weighted by atomic mass is 19.4. The first-order chi connectivity index (χ1) is 13.5. The molecule has 2 amide bonds. The molecule has 19 heteroatoms. The summed E-state index contributed by atoms with van der Waals surface area (Å²) >= 11 is 0. The number of nitrogens with one attached hydrogen (secondary N) is 2. The second kappa shape index (κ2) is 8.61. The van der Waals surface area contributed by atoms with Crippen LogP contribution in [0.25, 0.3) is 0 Å². The molecule has 31 heavy (non-hydrogen) atoms. The average molecular weight is 500 g/mol. The predicted molar refractivity (Wildman–Crippen MR) is 68.8 cm³/mol. The number of urea groups is 1. The lowest BCUT2D eigenvalue weighted by Crippen LogP contribution is -2.73. The number of rotatable bonds is 10. The molecule has 0 aliphatic carbocycles. The molecule has 0 unspecified atom stereocenters. The van der Waals surface area contributed by atoms with Gasteiger partial charge in [-0.25, -0.2) is 4.79 Å². The van der Waals surface area contributed by atoms with Gasteiger partial charge in [0.2, 0.25) is 0 Å². The summed E-state index contributed by atoms with van der Waals surface area (Å²) in [6.07, 6.45) is -7.66. The van der Waals surface area contributed by atoms with Crippen LogP contribution in [0.15, 0.2) is 0 Å². The fourth-order valence-corrected chi connectivity index (χ4v) is 1.58. The molecular formula is C12H11F15N2O2. The van der Waals surface area contributed by atoms with Gasteiger partial charge in [0.05, 0.1) is 6.54 Å². The summed E-state index contributed by atoms with van der Waals surface area (Å²) in [7, 11) is 0. The van der Waals surface area contributed by atoms with E-state index in [9.17, 15) is 70.7 Å². The molecule has 0 aromatic carbocycles. The standard InChI is InChI=1S/C12H11F15N2O2/c1-2-31-4-29-5(30)28-3-6(13,14)7(15,16)8(17,18)9(19,20)10(21,22)11(23,24)12(25,26)27/h2-4H2,1H3,(H2,28,29,30). The third-order valence-electron chi connectivity index (χ3n) is 3.40. The molecule has 0 aromatic heterocycles. The van der Waals surface area contributed by atoms with E-state index in [0.717, 1.165) is 5.32 Å². The Kier molecular flexibility index (Phi) is 8.10. The van der Waals surface area contributed by atoms with Crippen molar-refractivity contribution in [3.63, 3.8) is 0 Å². The number of alkyl halides is 15. The summed E-state index contributed by atoms with van der Waals surface area (Å²) in [5.41, 5.74) is 0. The zero-order chi connectivity index (χ0) is 25.3. The lowest BCUT2D eigenvalue weighted by atomic mass is 9.91.